The standard InChI is InChI=1S/C15H20N2O4/c1-5-17-14(13(21-4)9-16-17)15(18)10-6-11(19-2)8-12(7-10)20-3/h6-9,15,18H,5H2,1-4H3. The van der Waals surface area contributed by atoms with Crippen LogP contribution in [0.3, 0.4) is 0 Å². The van der Waals surface area contributed by atoms with E-state index in [1.54, 1.807) is 50.4 Å². The molecule has 1 aromatic heterocycles. The van der Waals surface area contributed by atoms with E-state index in [2.05, 4.69) is 5.10 Å². The van der Waals surface area contributed by atoms with E-state index in [4.69, 9.17) is 14.2 Å². The molecule has 0 fully saturated rings. The van der Waals surface area contributed by atoms with Crippen molar-refractivity contribution in [3.05, 3.63) is 35.7 Å². The first kappa shape index (κ1) is 15.2. The van der Waals surface area contributed by atoms with Gasteiger partial charge in [0.2, 0.25) is 0 Å². The molecule has 1 aromatic carbocycles. The third kappa shape index (κ3) is 2.95. The topological polar surface area (TPSA) is 65.7 Å². The Morgan fingerprint density at radius 1 is 1.10 bits per heavy atom. The SMILES string of the molecule is CCn1ncc(OC)c1C(O)c1cc(OC)cc(OC)c1. The van der Waals surface area contributed by atoms with E-state index in [1.807, 2.05) is 6.92 Å². The number of nitrogens with zero attached hydrogens (tertiary/aromatic N) is 2. The van der Waals surface area contributed by atoms with Gasteiger partial charge in [-0.1, -0.05) is 0 Å². The summed E-state index contributed by atoms with van der Waals surface area (Å²) in [6.45, 7) is 2.59. The summed E-state index contributed by atoms with van der Waals surface area (Å²) in [5.41, 5.74) is 1.26. The van der Waals surface area contributed by atoms with Crippen LogP contribution in [0.4, 0.5) is 0 Å². The van der Waals surface area contributed by atoms with Gasteiger partial charge >= 0.3 is 0 Å². The number of aliphatic hydroxyl groups is 1. The largest absolute Gasteiger partial charge is 0.497 e. The molecule has 0 spiro atoms. The lowest BCUT2D eigenvalue weighted by Gasteiger charge is -2.16. The van der Waals surface area contributed by atoms with E-state index in [-0.39, 0.29) is 0 Å². The lowest BCUT2D eigenvalue weighted by molar-refractivity contribution is 0.201. The summed E-state index contributed by atoms with van der Waals surface area (Å²) < 4.78 is 17.4. The Bertz CT molecular complexity index is 566. The van der Waals surface area contributed by atoms with Crippen molar-refractivity contribution < 1.29 is 19.3 Å². The molecule has 114 valence electrons. The highest BCUT2D eigenvalue weighted by Gasteiger charge is 2.22. The van der Waals surface area contributed by atoms with E-state index in [0.29, 0.717) is 35.1 Å². The molecule has 2 aromatic rings. The first-order chi connectivity index (χ1) is 10.1. The number of aromatic nitrogens is 2. The molecule has 0 aliphatic carbocycles. The van der Waals surface area contributed by atoms with E-state index < -0.39 is 6.10 Å². The summed E-state index contributed by atoms with van der Waals surface area (Å²) >= 11 is 0. The Morgan fingerprint density at radius 2 is 1.71 bits per heavy atom. The average Bonchev–Trinajstić information content (AvgIpc) is 2.96. The predicted octanol–water partition coefficient (Wildman–Crippen LogP) is 2.01. The zero-order chi connectivity index (χ0) is 15.4. The first-order valence-electron chi connectivity index (χ1n) is 6.65. The van der Waals surface area contributed by atoms with Gasteiger partial charge in [-0.3, -0.25) is 4.68 Å². The maximum atomic E-state index is 10.7. The van der Waals surface area contributed by atoms with Crippen LogP contribution in [0.5, 0.6) is 17.2 Å². The quantitative estimate of drug-likeness (QED) is 0.882. The van der Waals surface area contributed by atoms with Crippen molar-refractivity contribution in [3.63, 3.8) is 0 Å². The maximum absolute atomic E-state index is 10.7. The van der Waals surface area contributed by atoms with Gasteiger partial charge in [0.15, 0.2) is 5.75 Å². The molecule has 6 nitrogen and oxygen atoms in total. The van der Waals surface area contributed by atoms with Crippen LogP contribution < -0.4 is 14.2 Å². The zero-order valence-electron chi connectivity index (χ0n) is 12.7. The number of rotatable bonds is 6. The molecule has 21 heavy (non-hydrogen) atoms. The van der Waals surface area contributed by atoms with Gasteiger partial charge in [-0.05, 0) is 24.6 Å². The molecular weight excluding hydrogens is 272 g/mol. The fourth-order valence-corrected chi connectivity index (χ4v) is 2.21. The molecule has 0 amide bonds. The van der Waals surface area contributed by atoms with Gasteiger partial charge in [-0.25, -0.2) is 0 Å². The molecule has 0 radical (unpaired) electrons. The van der Waals surface area contributed by atoms with Crippen molar-refractivity contribution in [2.24, 2.45) is 0 Å². The molecule has 2 rings (SSSR count). The Hall–Kier alpha value is -2.21. The summed E-state index contributed by atoms with van der Waals surface area (Å²) in [6, 6.07) is 5.28. The highest BCUT2D eigenvalue weighted by Crippen LogP contribution is 2.33. The minimum absolute atomic E-state index is 0.547. The van der Waals surface area contributed by atoms with Crippen molar-refractivity contribution in [3.8, 4) is 17.2 Å². The van der Waals surface area contributed by atoms with Gasteiger partial charge in [0, 0.05) is 12.6 Å². The summed E-state index contributed by atoms with van der Waals surface area (Å²) in [5.74, 6) is 1.78. The molecular formula is C15H20N2O4. The van der Waals surface area contributed by atoms with Crippen LogP contribution in [-0.2, 0) is 6.54 Å². The fraction of sp³-hybridized carbons (Fsp3) is 0.400. The van der Waals surface area contributed by atoms with Crippen molar-refractivity contribution in [1.82, 2.24) is 9.78 Å². The average molecular weight is 292 g/mol. The Balaban J connectivity index is 2.48. The third-order valence-electron chi connectivity index (χ3n) is 3.31. The van der Waals surface area contributed by atoms with Crippen LogP contribution in [0.2, 0.25) is 0 Å². The van der Waals surface area contributed by atoms with Gasteiger partial charge in [-0.2, -0.15) is 5.10 Å². The molecule has 0 saturated carbocycles. The number of ether oxygens (including phenoxy) is 3. The van der Waals surface area contributed by atoms with Crippen LogP contribution in [0.15, 0.2) is 24.4 Å². The van der Waals surface area contributed by atoms with Crippen LogP contribution in [0, 0.1) is 0 Å². The second kappa shape index (κ2) is 6.49. The number of aryl methyl sites for hydroxylation is 1. The summed E-state index contributed by atoms with van der Waals surface area (Å²) in [6.07, 6.45) is 0.714. The van der Waals surface area contributed by atoms with Crippen LogP contribution in [0.1, 0.15) is 24.3 Å². The Kier molecular flexibility index (Phi) is 4.70. The molecule has 0 aliphatic rings. The lowest BCUT2D eigenvalue weighted by atomic mass is 10.1. The van der Waals surface area contributed by atoms with Crippen LogP contribution in [-0.4, -0.2) is 36.2 Å². The number of hydrogen-bond acceptors (Lipinski definition) is 5. The predicted molar refractivity (Wildman–Crippen MR) is 78.1 cm³/mol. The smallest absolute Gasteiger partial charge is 0.163 e. The van der Waals surface area contributed by atoms with E-state index >= 15 is 0 Å². The highest BCUT2D eigenvalue weighted by molar-refractivity contribution is 5.43. The summed E-state index contributed by atoms with van der Waals surface area (Å²) in [4.78, 5) is 0. The van der Waals surface area contributed by atoms with Crippen molar-refractivity contribution in [1.29, 1.82) is 0 Å². The third-order valence-corrected chi connectivity index (χ3v) is 3.31. The second-order valence-corrected chi connectivity index (χ2v) is 4.46. The zero-order valence-corrected chi connectivity index (χ0v) is 12.7. The van der Waals surface area contributed by atoms with Crippen molar-refractivity contribution in [2.45, 2.75) is 19.6 Å². The molecule has 1 heterocycles. The normalized spacial score (nSPS) is 12.0. The van der Waals surface area contributed by atoms with Crippen molar-refractivity contribution in [2.75, 3.05) is 21.3 Å². The summed E-state index contributed by atoms with van der Waals surface area (Å²) in [7, 11) is 4.70. The van der Waals surface area contributed by atoms with Gasteiger partial charge in [0.05, 0.1) is 27.5 Å². The first-order valence-corrected chi connectivity index (χ1v) is 6.65. The van der Waals surface area contributed by atoms with Gasteiger partial charge in [-0.15, -0.1) is 0 Å². The monoisotopic (exact) mass is 292 g/mol. The Morgan fingerprint density at radius 3 is 2.19 bits per heavy atom. The maximum Gasteiger partial charge on any atom is 0.163 e. The number of methoxy groups -OCH3 is 3. The molecule has 0 bridgehead atoms. The van der Waals surface area contributed by atoms with Crippen LogP contribution in [0.25, 0.3) is 0 Å². The lowest BCUT2D eigenvalue weighted by Crippen LogP contribution is -2.10. The second-order valence-electron chi connectivity index (χ2n) is 4.46. The minimum Gasteiger partial charge on any atom is -0.497 e. The van der Waals surface area contributed by atoms with E-state index in [1.165, 1.54) is 0 Å². The number of benzene rings is 1. The molecule has 0 saturated heterocycles. The van der Waals surface area contributed by atoms with E-state index in [9.17, 15) is 5.11 Å². The summed E-state index contributed by atoms with van der Waals surface area (Å²) in [5, 5.41) is 14.9. The van der Waals surface area contributed by atoms with Crippen LogP contribution >= 0.6 is 0 Å². The Labute approximate surface area is 123 Å². The minimum atomic E-state index is -0.883. The molecule has 1 N–H and O–H groups in total. The fourth-order valence-electron chi connectivity index (χ4n) is 2.21. The molecule has 6 heteroatoms. The van der Waals surface area contributed by atoms with E-state index in [0.717, 1.165) is 0 Å². The van der Waals surface area contributed by atoms with Crippen molar-refractivity contribution >= 4 is 0 Å². The van der Waals surface area contributed by atoms with Gasteiger partial charge < -0.3 is 19.3 Å². The highest BCUT2D eigenvalue weighted by atomic mass is 16.5. The van der Waals surface area contributed by atoms with Gasteiger partial charge in [0.1, 0.15) is 23.3 Å². The number of aliphatic hydroxyl groups excluding tert-OH is 1. The molecule has 1 unspecified atom stereocenters. The molecule has 1 atom stereocenters. The van der Waals surface area contributed by atoms with Gasteiger partial charge in [0.25, 0.3) is 0 Å². The molecule has 0 aliphatic heterocycles. The number of hydrogen-bond donors (Lipinski definition) is 1.